The summed E-state index contributed by atoms with van der Waals surface area (Å²) in [5.41, 5.74) is 0. The highest BCUT2D eigenvalue weighted by Crippen LogP contribution is 2.21. The molecule has 0 saturated heterocycles. The summed E-state index contributed by atoms with van der Waals surface area (Å²) in [4.78, 5) is 3.91. The van der Waals surface area contributed by atoms with Crippen LogP contribution in [0.2, 0.25) is 5.15 Å². The van der Waals surface area contributed by atoms with Gasteiger partial charge in [-0.05, 0) is 25.5 Å². The van der Waals surface area contributed by atoms with Crippen LogP contribution < -0.4 is 4.74 Å². The van der Waals surface area contributed by atoms with E-state index in [4.69, 9.17) is 16.3 Å². The van der Waals surface area contributed by atoms with Gasteiger partial charge in [0.2, 0.25) is 0 Å². The van der Waals surface area contributed by atoms with Crippen LogP contribution >= 0.6 is 11.6 Å². The van der Waals surface area contributed by atoms with Crippen molar-refractivity contribution in [1.29, 1.82) is 0 Å². The smallest absolute Gasteiger partial charge is 0.171 e. The molecule has 1 rings (SSSR count). The van der Waals surface area contributed by atoms with E-state index in [9.17, 15) is 0 Å². The number of nitrogens with zero attached hydrogens (tertiary/aromatic N) is 1. The molecule has 66 valence electrons. The van der Waals surface area contributed by atoms with E-state index in [1.807, 2.05) is 19.1 Å². The molecular weight excluding hydrogens is 174 g/mol. The van der Waals surface area contributed by atoms with Crippen molar-refractivity contribution in [1.82, 2.24) is 4.98 Å². The lowest BCUT2D eigenvalue weighted by Crippen LogP contribution is -2.10. The summed E-state index contributed by atoms with van der Waals surface area (Å²) < 4.78 is 5.50. The summed E-state index contributed by atoms with van der Waals surface area (Å²) in [6.45, 7) is 4.07. The molecule has 1 heterocycles. The van der Waals surface area contributed by atoms with Crippen molar-refractivity contribution in [3.8, 4) is 5.75 Å². The van der Waals surface area contributed by atoms with Crippen molar-refractivity contribution < 1.29 is 4.74 Å². The van der Waals surface area contributed by atoms with Crippen LogP contribution in [0, 0.1) is 0 Å². The number of halogens is 1. The molecule has 12 heavy (non-hydrogen) atoms. The first-order chi connectivity index (χ1) is 5.74. The summed E-state index contributed by atoms with van der Waals surface area (Å²) in [5, 5.41) is 0.429. The van der Waals surface area contributed by atoms with Crippen LogP contribution in [-0.2, 0) is 0 Å². The maximum absolute atomic E-state index is 5.79. The van der Waals surface area contributed by atoms with Gasteiger partial charge in [-0.3, -0.25) is 0 Å². The Morgan fingerprint density at radius 2 is 2.42 bits per heavy atom. The molecule has 0 saturated carbocycles. The third-order valence-electron chi connectivity index (χ3n) is 1.63. The Kier molecular flexibility index (Phi) is 3.35. The van der Waals surface area contributed by atoms with Gasteiger partial charge in [0, 0.05) is 6.20 Å². The summed E-state index contributed by atoms with van der Waals surface area (Å²) in [6, 6.07) is 3.63. The molecule has 3 heteroatoms. The summed E-state index contributed by atoms with van der Waals surface area (Å²) >= 11 is 5.79. The van der Waals surface area contributed by atoms with Gasteiger partial charge in [-0.25, -0.2) is 4.98 Å². The van der Waals surface area contributed by atoms with E-state index >= 15 is 0 Å². The molecule has 0 aliphatic rings. The molecule has 0 N–H and O–H groups in total. The van der Waals surface area contributed by atoms with E-state index in [0.29, 0.717) is 10.9 Å². The molecule has 1 aromatic rings. The standard InChI is InChI=1S/C9H12ClNO/c1-3-7(2)12-8-5-4-6-11-9(8)10/h4-7H,3H2,1-2H3. The predicted octanol–water partition coefficient (Wildman–Crippen LogP) is 2.91. The van der Waals surface area contributed by atoms with E-state index in [2.05, 4.69) is 11.9 Å². The third-order valence-corrected chi connectivity index (χ3v) is 1.91. The van der Waals surface area contributed by atoms with Crippen LogP contribution in [-0.4, -0.2) is 11.1 Å². The second-order valence-corrected chi connectivity index (χ2v) is 2.99. The molecule has 1 unspecified atom stereocenters. The summed E-state index contributed by atoms with van der Waals surface area (Å²) in [5.74, 6) is 0.661. The average molecular weight is 186 g/mol. The minimum Gasteiger partial charge on any atom is -0.488 e. The van der Waals surface area contributed by atoms with Gasteiger partial charge in [0.05, 0.1) is 6.10 Å². The van der Waals surface area contributed by atoms with Crippen molar-refractivity contribution in [3.05, 3.63) is 23.5 Å². The quantitative estimate of drug-likeness (QED) is 0.676. The topological polar surface area (TPSA) is 22.1 Å². The third kappa shape index (κ3) is 2.38. The number of aromatic nitrogens is 1. The van der Waals surface area contributed by atoms with E-state index in [1.54, 1.807) is 6.20 Å². The van der Waals surface area contributed by atoms with Gasteiger partial charge >= 0.3 is 0 Å². The van der Waals surface area contributed by atoms with Gasteiger partial charge in [0.1, 0.15) is 0 Å². The van der Waals surface area contributed by atoms with Crippen LogP contribution in [0.25, 0.3) is 0 Å². The summed E-state index contributed by atoms with van der Waals surface area (Å²) in [6.07, 6.45) is 2.79. The summed E-state index contributed by atoms with van der Waals surface area (Å²) in [7, 11) is 0. The fraction of sp³-hybridized carbons (Fsp3) is 0.444. The molecule has 0 aliphatic carbocycles. The first-order valence-electron chi connectivity index (χ1n) is 4.01. The molecule has 0 amide bonds. The maximum atomic E-state index is 5.79. The molecule has 0 fully saturated rings. The lowest BCUT2D eigenvalue weighted by Gasteiger charge is -2.12. The zero-order valence-electron chi connectivity index (χ0n) is 7.25. The monoisotopic (exact) mass is 185 g/mol. The van der Waals surface area contributed by atoms with E-state index < -0.39 is 0 Å². The van der Waals surface area contributed by atoms with Crippen LogP contribution in [0.1, 0.15) is 20.3 Å². The average Bonchev–Trinajstić information content (AvgIpc) is 2.09. The van der Waals surface area contributed by atoms with Gasteiger partial charge in [-0.1, -0.05) is 18.5 Å². The molecule has 0 spiro atoms. The Morgan fingerprint density at radius 1 is 1.67 bits per heavy atom. The lowest BCUT2D eigenvalue weighted by atomic mass is 10.3. The van der Waals surface area contributed by atoms with Crippen LogP contribution in [0.3, 0.4) is 0 Å². The molecule has 1 aromatic heterocycles. The largest absolute Gasteiger partial charge is 0.488 e. The number of hydrogen-bond acceptors (Lipinski definition) is 2. The first kappa shape index (κ1) is 9.33. The van der Waals surface area contributed by atoms with Crippen molar-refractivity contribution in [2.45, 2.75) is 26.4 Å². The SMILES string of the molecule is CCC(C)Oc1cccnc1Cl. The lowest BCUT2D eigenvalue weighted by molar-refractivity contribution is 0.217. The van der Waals surface area contributed by atoms with Crippen molar-refractivity contribution >= 4 is 11.6 Å². The highest BCUT2D eigenvalue weighted by Gasteiger charge is 2.04. The van der Waals surface area contributed by atoms with E-state index in [1.165, 1.54) is 0 Å². The van der Waals surface area contributed by atoms with Gasteiger partial charge in [-0.2, -0.15) is 0 Å². The van der Waals surface area contributed by atoms with Gasteiger partial charge in [0.15, 0.2) is 10.9 Å². The molecule has 0 radical (unpaired) electrons. The van der Waals surface area contributed by atoms with Gasteiger partial charge < -0.3 is 4.74 Å². The van der Waals surface area contributed by atoms with Crippen LogP contribution in [0.4, 0.5) is 0 Å². The minimum absolute atomic E-state index is 0.187. The molecule has 0 bridgehead atoms. The predicted molar refractivity (Wildman–Crippen MR) is 49.6 cm³/mol. The number of hydrogen-bond donors (Lipinski definition) is 0. The zero-order chi connectivity index (χ0) is 8.97. The number of ether oxygens (including phenoxy) is 1. The molecule has 0 aliphatic heterocycles. The maximum Gasteiger partial charge on any atom is 0.171 e. The Morgan fingerprint density at radius 3 is 3.00 bits per heavy atom. The van der Waals surface area contributed by atoms with Gasteiger partial charge in [-0.15, -0.1) is 0 Å². The molecule has 0 aromatic carbocycles. The van der Waals surface area contributed by atoms with Crippen molar-refractivity contribution in [2.24, 2.45) is 0 Å². The Bertz CT molecular complexity index is 252. The van der Waals surface area contributed by atoms with Crippen molar-refractivity contribution in [3.63, 3.8) is 0 Å². The second-order valence-electron chi connectivity index (χ2n) is 2.63. The first-order valence-corrected chi connectivity index (χ1v) is 4.39. The van der Waals surface area contributed by atoms with Crippen LogP contribution in [0.15, 0.2) is 18.3 Å². The Labute approximate surface area is 77.5 Å². The zero-order valence-corrected chi connectivity index (χ0v) is 8.01. The van der Waals surface area contributed by atoms with E-state index in [-0.39, 0.29) is 6.10 Å². The number of rotatable bonds is 3. The molecule has 2 nitrogen and oxygen atoms in total. The van der Waals surface area contributed by atoms with E-state index in [0.717, 1.165) is 6.42 Å². The van der Waals surface area contributed by atoms with Crippen molar-refractivity contribution in [2.75, 3.05) is 0 Å². The normalized spacial score (nSPS) is 12.6. The minimum atomic E-state index is 0.187. The van der Waals surface area contributed by atoms with Crippen LogP contribution in [0.5, 0.6) is 5.75 Å². The Hall–Kier alpha value is -0.760. The molecule has 1 atom stereocenters. The molecular formula is C9H12ClNO. The number of pyridine rings is 1. The van der Waals surface area contributed by atoms with Gasteiger partial charge in [0.25, 0.3) is 0 Å². The Balaban J connectivity index is 2.69. The fourth-order valence-corrected chi connectivity index (χ4v) is 0.923. The fourth-order valence-electron chi connectivity index (χ4n) is 0.759. The highest BCUT2D eigenvalue weighted by molar-refractivity contribution is 6.30. The highest BCUT2D eigenvalue weighted by atomic mass is 35.5. The second kappa shape index (κ2) is 4.31.